The molecule has 1 aliphatic heterocycles. The van der Waals surface area contributed by atoms with Gasteiger partial charge >= 0.3 is 115 Å². The average Bonchev–Trinajstić information content (AvgIpc) is 2.38. The summed E-state index contributed by atoms with van der Waals surface area (Å²) in [5.41, 5.74) is 0. The molecule has 0 N–H and O–H groups in total. The van der Waals surface area contributed by atoms with Crippen LogP contribution >= 0.6 is 0 Å². The third-order valence-electron chi connectivity index (χ3n) is 2.45. The van der Waals surface area contributed by atoms with Gasteiger partial charge in [-0.15, -0.1) is 0 Å². The standard InChI is InChI=1S/C6H5.C3H4O4.C3H6O2.Sn/c1-2-4-6-5-3-1;4-2(5)1-3(6)7;1-2-3(4)5;/h1-5H;1H2,(H,4,5)(H,6,7);2H2,1H3,(H,4,5);/q;;;+3/p-3. The van der Waals surface area contributed by atoms with Crippen molar-refractivity contribution in [3.8, 4) is 0 Å². The zero-order valence-corrected chi connectivity index (χ0v) is 13.1. The van der Waals surface area contributed by atoms with E-state index in [1.54, 1.807) is 37.3 Å². The van der Waals surface area contributed by atoms with Crippen LogP contribution in [0.5, 0.6) is 0 Å². The minimum absolute atomic E-state index is 0.112. The fraction of sp³-hybridized carbons (Fsp3) is 0.250. The molecule has 1 heterocycles. The average molecular weight is 371 g/mol. The molecule has 1 aromatic carbocycles. The van der Waals surface area contributed by atoms with Gasteiger partial charge in [0.15, 0.2) is 0 Å². The van der Waals surface area contributed by atoms with Crippen molar-refractivity contribution in [1.29, 1.82) is 0 Å². The van der Waals surface area contributed by atoms with Crippen molar-refractivity contribution in [2.45, 2.75) is 19.8 Å². The van der Waals surface area contributed by atoms with Crippen molar-refractivity contribution in [1.82, 2.24) is 0 Å². The number of carbonyl (C=O) groups excluding carboxylic acids is 3. The monoisotopic (exact) mass is 372 g/mol. The van der Waals surface area contributed by atoms with Crippen molar-refractivity contribution in [2.75, 3.05) is 0 Å². The molecule has 6 nitrogen and oxygen atoms in total. The predicted octanol–water partition coefficient (Wildman–Crippen LogP) is 0.276. The maximum absolute atomic E-state index is 11.5. The third kappa shape index (κ3) is 3.06. The third-order valence-corrected chi connectivity index (χ3v) is 9.67. The van der Waals surface area contributed by atoms with Crippen molar-refractivity contribution in [3.05, 3.63) is 30.3 Å². The Morgan fingerprint density at radius 1 is 1.21 bits per heavy atom. The molecule has 0 radical (unpaired) electrons. The molecule has 1 aromatic rings. The number of hydrogen-bond acceptors (Lipinski definition) is 6. The van der Waals surface area contributed by atoms with Crippen LogP contribution in [0, 0.1) is 0 Å². The maximum atomic E-state index is 11.5. The van der Waals surface area contributed by atoms with Gasteiger partial charge in [-0.05, 0) is 0 Å². The summed E-state index contributed by atoms with van der Waals surface area (Å²) in [5.74, 6) is -1.97. The second-order valence-corrected chi connectivity index (χ2v) is 10.4. The Kier molecular flexibility index (Phi) is 4.08. The fourth-order valence-corrected chi connectivity index (χ4v) is 8.06. The van der Waals surface area contributed by atoms with Crippen LogP contribution in [0.2, 0.25) is 0 Å². The summed E-state index contributed by atoms with van der Waals surface area (Å²) in [6.45, 7) is 1.61. The van der Waals surface area contributed by atoms with Crippen LogP contribution in [0.25, 0.3) is 0 Å². The van der Waals surface area contributed by atoms with Crippen LogP contribution in [0.3, 0.4) is 0 Å². The van der Waals surface area contributed by atoms with Crippen molar-refractivity contribution in [3.63, 3.8) is 0 Å². The fourth-order valence-electron chi connectivity index (χ4n) is 1.59. The van der Waals surface area contributed by atoms with E-state index in [0.29, 0.717) is 3.58 Å². The van der Waals surface area contributed by atoms with Crippen molar-refractivity contribution >= 4 is 41.1 Å². The Labute approximate surface area is 115 Å². The Bertz CT molecular complexity index is 496. The number of hydrogen-bond donors (Lipinski definition) is 0. The van der Waals surface area contributed by atoms with Gasteiger partial charge in [0, 0.05) is 0 Å². The molecule has 1 saturated heterocycles. The van der Waals surface area contributed by atoms with Gasteiger partial charge in [-0.2, -0.15) is 0 Å². The van der Waals surface area contributed by atoms with Crippen LogP contribution < -0.4 is 3.58 Å². The van der Waals surface area contributed by atoms with E-state index in [1.807, 2.05) is 0 Å². The normalized spacial score (nSPS) is 17.3. The molecule has 0 saturated carbocycles. The van der Waals surface area contributed by atoms with Gasteiger partial charge in [0.25, 0.3) is 0 Å². The van der Waals surface area contributed by atoms with Crippen LogP contribution in [0.15, 0.2) is 30.3 Å². The molecule has 0 amide bonds. The van der Waals surface area contributed by atoms with Gasteiger partial charge in [0.05, 0.1) is 0 Å². The van der Waals surface area contributed by atoms with E-state index in [4.69, 9.17) is 9.22 Å². The second kappa shape index (κ2) is 5.60. The molecule has 0 bridgehead atoms. The first kappa shape index (κ1) is 13.9. The number of rotatable bonds is 3. The van der Waals surface area contributed by atoms with E-state index in [2.05, 4.69) is 0 Å². The summed E-state index contributed by atoms with van der Waals surface area (Å²) in [6, 6.07) is 8.42. The molecule has 7 heteroatoms. The molecule has 2 rings (SSSR count). The first-order valence-corrected chi connectivity index (χ1v) is 10.7. The van der Waals surface area contributed by atoms with Crippen LogP contribution in [-0.4, -0.2) is 37.5 Å². The molecular weight excluding hydrogens is 359 g/mol. The SMILES string of the molecule is CCC(=O)[O][Sn]1([c]2ccccc2)[O]C(=O)CC(=O)[O]1. The van der Waals surface area contributed by atoms with Crippen molar-refractivity contribution in [2.24, 2.45) is 0 Å². The summed E-state index contributed by atoms with van der Waals surface area (Å²) in [4.78, 5) is 34.5. The zero-order chi connectivity index (χ0) is 13.9. The van der Waals surface area contributed by atoms with Gasteiger partial charge in [0.2, 0.25) is 0 Å². The van der Waals surface area contributed by atoms with Gasteiger partial charge in [-0.3, -0.25) is 0 Å². The van der Waals surface area contributed by atoms with E-state index in [1.165, 1.54) is 0 Å². The summed E-state index contributed by atoms with van der Waals surface area (Å²) >= 11 is -4.69. The molecule has 1 fully saturated rings. The predicted molar refractivity (Wildman–Crippen MR) is 65.0 cm³/mol. The Balaban J connectivity index is 2.40. The molecule has 19 heavy (non-hydrogen) atoms. The van der Waals surface area contributed by atoms with E-state index < -0.39 is 43.9 Å². The summed E-state index contributed by atoms with van der Waals surface area (Å²) in [6.07, 6.45) is -0.338. The van der Waals surface area contributed by atoms with Crippen molar-refractivity contribution < 1.29 is 23.6 Å². The Morgan fingerprint density at radius 2 is 1.79 bits per heavy atom. The Hall–Kier alpha value is -1.57. The molecule has 0 aromatic heterocycles. The van der Waals surface area contributed by atoms with Gasteiger partial charge in [-0.25, -0.2) is 0 Å². The molecular formula is C12H12O6Sn. The number of benzene rings is 1. The van der Waals surface area contributed by atoms with Gasteiger partial charge < -0.3 is 0 Å². The minimum atomic E-state index is -4.69. The first-order valence-electron chi connectivity index (χ1n) is 5.77. The quantitative estimate of drug-likeness (QED) is 0.561. The van der Waals surface area contributed by atoms with Gasteiger partial charge in [0.1, 0.15) is 0 Å². The zero-order valence-electron chi connectivity index (χ0n) is 10.3. The van der Waals surface area contributed by atoms with E-state index >= 15 is 0 Å². The number of carbonyl (C=O) groups is 3. The van der Waals surface area contributed by atoms with Crippen LogP contribution in [-0.2, 0) is 23.6 Å². The summed E-state index contributed by atoms with van der Waals surface area (Å²) in [5, 5.41) is 0. The van der Waals surface area contributed by atoms with E-state index in [0.717, 1.165) is 0 Å². The topological polar surface area (TPSA) is 78.9 Å². The first-order chi connectivity index (χ1) is 9.05. The molecule has 0 unspecified atom stereocenters. The van der Waals surface area contributed by atoms with E-state index in [9.17, 15) is 14.4 Å². The van der Waals surface area contributed by atoms with Crippen LogP contribution in [0.4, 0.5) is 0 Å². The molecule has 0 atom stereocenters. The molecule has 100 valence electrons. The molecule has 0 aliphatic carbocycles. The van der Waals surface area contributed by atoms with Crippen LogP contribution in [0.1, 0.15) is 19.8 Å². The molecule has 0 spiro atoms. The van der Waals surface area contributed by atoms with Gasteiger partial charge in [-0.1, -0.05) is 0 Å². The summed E-state index contributed by atoms with van der Waals surface area (Å²) < 4.78 is 16.1. The van der Waals surface area contributed by atoms with E-state index in [-0.39, 0.29) is 6.42 Å². The molecule has 1 aliphatic rings. The summed E-state index contributed by atoms with van der Waals surface area (Å²) in [7, 11) is 0. The Morgan fingerprint density at radius 3 is 2.32 bits per heavy atom. The second-order valence-electron chi connectivity index (χ2n) is 3.87.